The summed E-state index contributed by atoms with van der Waals surface area (Å²) in [6.45, 7) is 4.97. The molecule has 3 atom stereocenters. The van der Waals surface area contributed by atoms with Crippen molar-refractivity contribution < 1.29 is 36.3 Å². The smallest absolute Gasteiger partial charge is 0.407 e. The second-order valence-corrected chi connectivity index (χ2v) is 15.1. The van der Waals surface area contributed by atoms with Gasteiger partial charge in [-0.2, -0.15) is 10.2 Å². The average molecular weight is 760 g/mol. The molecular formula is C35H35ClF5N9O3. The van der Waals surface area contributed by atoms with Gasteiger partial charge in [0.25, 0.3) is 18.3 Å². The first-order valence-electron chi connectivity index (χ1n) is 16.8. The Balaban J connectivity index is 1.27. The van der Waals surface area contributed by atoms with Crippen LogP contribution in [0.1, 0.15) is 81.9 Å². The number of guanidine groups is 1. The van der Waals surface area contributed by atoms with E-state index in [1.807, 2.05) is 20.8 Å². The molecule has 0 saturated heterocycles. The Labute approximate surface area is 305 Å². The summed E-state index contributed by atoms with van der Waals surface area (Å²) in [5, 5.41) is 10.3. The summed E-state index contributed by atoms with van der Waals surface area (Å²) < 4.78 is 78.8. The van der Waals surface area contributed by atoms with Crippen LogP contribution < -0.4 is 11.1 Å². The summed E-state index contributed by atoms with van der Waals surface area (Å²) in [6, 6.07) is 6.10. The van der Waals surface area contributed by atoms with Gasteiger partial charge in [-0.3, -0.25) is 14.4 Å². The van der Waals surface area contributed by atoms with Gasteiger partial charge in [0.2, 0.25) is 0 Å². The SMILES string of the molecule is CC(C)(C)C[C@]1(c2ccc(-c3cnn(C4CC4)c3)c(F)c2)N=C(N)N([C@H](COC(=O)NC2CC2(F)F)c2ccc(Cl)c(-n3ncnc3C(F)F)c2)C1=O. The van der Waals surface area contributed by atoms with E-state index in [9.17, 15) is 27.2 Å². The zero-order valence-corrected chi connectivity index (χ0v) is 29.5. The van der Waals surface area contributed by atoms with Gasteiger partial charge >= 0.3 is 6.09 Å². The number of alkyl halides is 4. The third-order valence-corrected chi connectivity index (χ3v) is 9.67. The Bertz CT molecular complexity index is 2110. The van der Waals surface area contributed by atoms with Gasteiger partial charge in [0.15, 0.2) is 17.3 Å². The number of nitrogens with two attached hydrogens (primary N) is 1. The van der Waals surface area contributed by atoms with Crippen molar-refractivity contribution in [3.05, 3.63) is 82.9 Å². The highest BCUT2D eigenvalue weighted by Crippen LogP contribution is 2.46. The number of benzene rings is 2. The summed E-state index contributed by atoms with van der Waals surface area (Å²) in [7, 11) is 0. The van der Waals surface area contributed by atoms with Gasteiger partial charge in [-0.05, 0) is 54.0 Å². The van der Waals surface area contributed by atoms with Crippen molar-refractivity contribution in [1.82, 2.24) is 34.8 Å². The molecule has 2 aromatic heterocycles. The van der Waals surface area contributed by atoms with Crippen molar-refractivity contribution in [2.45, 2.75) is 82.5 Å². The van der Waals surface area contributed by atoms with E-state index in [0.29, 0.717) is 5.56 Å². The number of alkyl carbamates (subject to hydrolysis) is 1. The van der Waals surface area contributed by atoms with Crippen LogP contribution in [0.25, 0.3) is 16.8 Å². The molecule has 0 radical (unpaired) electrons. The van der Waals surface area contributed by atoms with Crippen LogP contribution in [-0.4, -0.2) is 66.0 Å². The maximum Gasteiger partial charge on any atom is 0.407 e. The molecule has 2 fully saturated rings. The van der Waals surface area contributed by atoms with E-state index in [1.54, 1.807) is 29.2 Å². The Kier molecular flexibility index (Phi) is 8.98. The summed E-state index contributed by atoms with van der Waals surface area (Å²) in [5.41, 5.74) is 5.36. The molecule has 2 aromatic carbocycles. The van der Waals surface area contributed by atoms with Crippen LogP contribution in [0.5, 0.6) is 0 Å². The highest BCUT2D eigenvalue weighted by Gasteiger charge is 2.58. The molecule has 2 saturated carbocycles. The number of nitrogens with zero attached hydrogens (tertiary/aromatic N) is 7. The number of hydrogen-bond acceptors (Lipinski definition) is 8. The molecule has 2 aliphatic carbocycles. The molecule has 7 rings (SSSR count). The van der Waals surface area contributed by atoms with Crippen molar-refractivity contribution in [1.29, 1.82) is 0 Å². The second kappa shape index (κ2) is 13.1. The van der Waals surface area contributed by atoms with E-state index in [2.05, 4.69) is 25.5 Å². The minimum absolute atomic E-state index is 0.00997. The average Bonchev–Trinajstić information content (AvgIpc) is 3.81. The maximum absolute atomic E-state index is 16.0. The molecule has 2 amide bonds. The third kappa shape index (κ3) is 7.05. The molecule has 3 aliphatic rings. The molecule has 1 unspecified atom stereocenters. The molecule has 280 valence electrons. The van der Waals surface area contributed by atoms with Crippen molar-refractivity contribution >= 4 is 29.6 Å². The van der Waals surface area contributed by atoms with Gasteiger partial charge < -0.3 is 15.8 Å². The number of nitrogens with one attached hydrogen (secondary N) is 1. The van der Waals surface area contributed by atoms with Gasteiger partial charge in [0, 0.05) is 23.7 Å². The van der Waals surface area contributed by atoms with Gasteiger partial charge in [0.1, 0.15) is 24.8 Å². The Hall–Kier alpha value is -5.06. The Morgan fingerprint density at radius 3 is 2.53 bits per heavy atom. The zero-order chi connectivity index (χ0) is 38.0. The van der Waals surface area contributed by atoms with Crippen LogP contribution >= 0.6 is 11.6 Å². The van der Waals surface area contributed by atoms with Gasteiger partial charge in [-0.15, -0.1) is 0 Å². The summed E-state index contributed by atoms with van der Waals surface area (Å²) in [6.07, 6.45) is 1.55. The molecule has 4 aromatic rings. The standard InChI is InChI=1S/C35H35ClF5N9O3/c1-33(2,3)16-34(20-5-8-22(24(37)11-20)19-13-44-48(14-19)21-6-7-21)30(51)49(31(42)47-34)26(15-53-32(52)46-27-12-35(27,40)41)18-4-9-23(36)25(10-18)50-29(28(38)39)43-17-45-50/h4-5,8-11,13-14,17,21,26-28H,6-7,12,15-16H2,1-3H3,(H2,42,47)(H,46,52)/t26-,27?,34-/m1/s1. The van der Waals surface area contributed by atoms with Crippen molar-refractivity contribution in [2.75, 3.05) is 6.61 Å². The fourth-order valence-electron chi connectivity index (χ4n) is 6.61. The largest absolute Gasteiger partial charge is 0.447 e. The lowest BCUT2D eigenvalue weighted by Gasteiger charge is -2.35. The number of carbonyl (C=O) groups excluding carboxylic acids is 2. The zero-order valence-electron chi connectivity index (χ0n) is 28.7. The molecule has 3 N–H and O–H groups in total. The lowest BCUT2D eigenvalue weighted by molar-refractivity contribution is -0.135. The number of carbonyl (C=O) groups is 2. The topological polar surface area (TPSA) is 146 Å². The Morgan fingerprint density at radius 2 is 1.89 bits per heavy atom. The van der Waals surface area contributed by atoms with Crippen molar-refractivity contribution in [2.24, 2.45) is 16.1 Å². The number of ether oxygens (including phenoxy) is 1. The summed E-state index contributed by atoms with van der Waals surface area (Å²) in [5.74, 6) is -5.44. The fourth-order valence-corrected chi connectivity index (χ4v) is 6.81. The molecular weight excluding hydrogens is 725 g/mol. The minimum Gasteiger partial charge on any atom is -0.447 e. The molecule has 18 heteroatoms. The molecule has 53 heavy (non-hydrogen) atoms. The monoisotopic (exact) mass is 759 g/mol. The van der Waals surface area contributed by atoms with Gasteiger partial charge in [0.05, 0.1) is 29.0 Å². The van der Waals surface area contributed by atoms with Crippen LogP contribution in [0, 0.1) is 11.2 Å². The fraction of sp³-hybridized carbons (Fsp3) is 0.429. The minimum atomic E-state index is -3.08. The molecule has 3 heterocycles. The van der Waals surface area contributed by atoms with E-state index in [1.165, 1.54) is 24.3 Å². The van der Waals surface area contributed by atoms with E-state index < -0.39 is 72.1 Å². The third-order valence-electron chi connectivity index (χ3n) is 9.35. The van der Waals surface area contributed by atoms with Gasteiger partial charge in [-0.25, -0.2) is 41.4 Å². The maximum atomic E-state index is 16.0. The Morgan fingerprint density at radius 1 is 1.15 bits per heavy atom. The quantitative estimate of drug-likeness (QED) is 0.159. The first-order chi connectivity index (χ1) is 25.0. The number of halogens is 6. The normalized spacial score (nSPS) is 21.5. The number of hydrogen-bond donors (Lipinski definition) is 2. The highest BCUT2D eigenvalue weighted by molar-refractivity contribution is 6.32. The highest BCUT2D eigenvalue weighted by atomic mass is 35.5. The number of aromatic nitrogens is 5. The predicted molar refractivity (Wildman–Crippen MR) is 182 cm³/mol. The number of aliphatic imine (C=N–C) groups is 1. The molecule has 0 spiro atoms. The van der Waals surface area contributed by atoms with E-state index in [4.69, 9.17) is 22.1 Å². The van der Waals surface area contributed by atoms with E-state index >= 15 is 4.39 Å². The van der Waals surface area contributed by atoms with E-state index in [0.717, 1.165) is 28.8 Å². The lowest BCUT2D eigenvalue weighted by Crippen LogP contribution is -2.47. The predicted octanol–water partition coefficient (Wildman–Crippen LogP) is 6.86. The molecule has 12 nitrogen and oxygen atoms in total. The van der Waals surface area contributed by atoms with Crippen LogP contribution in [0.15, 0.2) is 60.1 Å². The molecule has 1 aliphatic heterocycles. The first kappa shape index (κ1) is 36.3. The van der Waals surface area contributed by atoms with Crippen molar-refractivity contribution in [3.63, 3.8) is 0 Å². The van der Waals surface area contributed by atoms with Crippen LogP contribution in [0.4, 0.5) is 26.7 Å². The van der Waals surface area contributed by atoms with Gasteiger partial charge in [-0.1, -0.05) is 50.6 Å². The van der Waals surface area contributed by atoms with Crippen LogP contribution in [0.2, 0.25) is 5.02 Å². The number of rotatable bonds is 11. The van der Waals surface area contributed by atoms with E-state index in [-0.39, 0.29) is 45.8 Å². The summed E-state index contributed by atoms with van der Waals surface area (Å²) >= 11 is 6.42. The summed E-state index contributed by atoms with van der Waals surface area (Å²) in [4.78, 5) is 36.9. The number of amides is 2. The van der Waals surface area contributed by atoms with Crippen molar-refractivity contribution in [3.8, 4) is 16.8 Å². The van der Waals surface area contributed by atoms with Crippen LogP contribution in [0.3, 0.4) is 0 Å². The lowest BCUT2D eigenvalue weighted by atomic mass is 9.75. The molecule has 0 bridgehead atoms. The first-order valence-corrected chi connectivity index (χ1v) is 17.2. The van der Waals surface area contributed by atoms with Crippen LogP contribution in [-0.2, 0) is 15.1 Å². The second-order valence-electron chi connectivity index (χ2n) is 14.7.